The topological polar surface area (TPSA) is 63.5 Å². The number of hydrogen-bond donors (Lipinski definition) is 0. The summed E-state index contributed by atoms with van der Waals surface area (Å²) in [4.78, 5) is 27.2. The Bertz CT molecular complexity index is 1060. The van der Waals surface area contributed by atoms with Crippen molar-refractivity contribution in [2.75, 3.05) is 38.3 Å². The Morgan fingerprint density at radius 3 is 3.00 bits per heavy atom. The van der Waals surface area contributed by atoms with Gasteiger partial charge in [0.25, 0.3) is 5.91 Å². The van der Waals surface area contributed by atoms with Gasteiger partial charge < -0.3 is 19.1 Å². The number of amides is 1. The maximum absolute atomic E-state index is 13.2. The highest BCUT2D eigenvalue weighted by molar-refractivity contribution is 7.11. The number of methoxy groups -OCH3 is 1. The molecule has 5 rings (SSSR count). The predicted molar refractivity (Wildman–Crippen MR) is 112 cm³/mol. The highest BCUT2D eigenvalue weighted by Gasteiger charge is 2.50. The van der Waals surface area contributed by atoms with E-state index in [2.05, 4.69) is 43.8 Å². The molecule has 3 aromatic heterocycles. The zero-order chi connectivity index (χ0) is 20.0. The van der Waals surface area contributed by atoms with Gasteiger partial charge in [-0.2, -0.15) is 0 Å². The van der Waals surface area contributed by atoms with Crippen molar-refractivity contribution in [3.8, 4) is 5.82 Å². The van der Waals surface area contributed by atoms with Gasteiger partial charge in [0.15, 0.2) is 5.82 Å². The summed E-state index contributed by atoms with van der Waals surface area (Å²) in [5.74, 6) is 1.00. The van der Waals surface area contributed by atoms with E-state index in [-0.39, 0.29) is 11.4 Å². The minimum atomic E-state index is -0.299. The summed E-state index contributed by atoms with van der Waals surface area (Å²) in [5, 5.41) is 0. The average molecular weight is 410 g/mol. The molecule has 5 heterocycles. The second-order valence-electron chi connectivity index (χ2n) is 7.53. The largest absolute Gasteiger partial charge is 0.383 e. The van der Waals surface area contributed by atoms with Gasteiger partial charge in [0.2, 0.25) is 0 Å². The molecule has 2 aliphatic rings. The number of pyridine rings is 1. The van der Waals surface area contributed by atoms with Crippen LogP contribution >= 0.6 is 11.3 Å². The van der Waals surface area contributed by atoms with Gasteiger partial charge in [-0.25, -0.2) is 9.97 Å². The second kappa shape index (κ2) is 6.96. The number of aromatic nitrogens is 3. The standard InChI is InChI=1S/C21H23N5O2S/c1-15-18(29-14-23-15)20(27)24-10-7-21(13-24)17-6-4-9-25(17)19-16(5-3-8-22-19)26(21)11-12-28-2/h3-6,8-9,14H,7,10-13H2,1-2H3. The van der Waals surface area contributed by atoms with E-state index in [0.29, 0.717) is 19.7 Å². The van der Waals surface area contributed by atoms with E-state index >= 15 is 0 Å². The van der Waals surface area contributed by atoms with Crippen LogP contribution in [0.15, 0.2) is 42.2 Å². The Hall–Kier alpha value is -2.71. The Morgan fingerprint density at radius 2 is 2.21 bits per heavy atom. The fourth-order valence-corrected chi connectivity index (χ4v) is 5.43. The molecular formula is C21H23N5O2S. The van der Waals surface area contributed by atoms with E-state index in [0.717, 1.165) is 35.0 Å². The second-order valence-corrected chi connectivity index (χ2v) is 8.38. The molecular weight excluding hydrogens is 386 g/mol. The van der Waals surface area contributed by atoms with E-state index in [9.17, 15) is 4.79 Å². The van der Waals surface area contributed by atoms with Crippen molar-refractivity contribution in [1.82, 2.24) is 19.4 Å². The van der Waals surface area contributed by atoms with Crippen molar-refractivity contribution in [1.29, 1.82) is 0 Å². The lowest BCUT2D eigenvalue weighted by Crippen LogP contribution is -2.53. The van der Waals surface area contributed by atoms with Gasteiger partial charge in [-0.15, -0.1) is 11.3 Å². The van der Waals surface area contributed by atoms with Crippen LogP contribution in [0, 0.1) is 6.92 Å². The molecule has 8 heteroatoms. The van der Waals surface area contributed by atoms with Crippen LogP contribution in [0.4, 0.5) is 5.69 Å². The summed E-state index contributed by atoms with van der Waals surface area (Å²) < 4.78 is 7.60. The Labute approximate surface area is 173 Å². The van der Waals surface area contributed by atoms with Crippen molar-refractivity contribution < 1.29 is 9.53 Å². The molecule has 1 saturated heterocycles. The number of fused-ring (bicyclic) bond motifs is 4. The monoisotopic (exact) mass is 409 g/mol. The highest BCUT2D eigenvalue weighted by Crippen LogP contribution is 2.47. The number of ether oxygens (including phenoxy) is 1. The van der Waals surface area contributed by atoms with Crippen molar-refractivity contribution >= 4 is 22.9 Å². The number of thiazole rings is 1. The summed E-state index contributed by atoms with van der Waals surface area (Å²) in [7, 11) is 1.72. The molecule has 0 bridgehead atoms. The summed E-state index contributed by atoms with van der Waals surface area (Å²) in [6.45, 7) is 4.58. The third-order valence-corrected chi connectivity index (χ3v) is 6.94. The first-order chi connectivity index (χ1) is 14.2. The van der Waals surface area contributed by atoms with Gasteiger partial charge in [0.05, 0.1) is 29.2 Å². The van der Waals surface area contributed by atoms with E-state index in [1.54, 1.807) is 12.6 Å². The van der Waals surface area contributed by atoms with E-state index in [1.165, 1.54) is 17.0 Å². The maximum Gasteiger partial charge on any atom is 0.265 e. The SMILES string of the molecule is COCCN1c2cccnc2-n2cccc2C12CCN(C(=O)c1scnc1C)C2. The summed E-state index contributed by atoms with van der Waals surface area (Å²) in [6, 6.07) is 8.30. The third kappa shape index (κ3) is 2.70. The molecule has 29 heavy (non-hydrogen) atoms. The first-order valence-corrected chi connectivity index (χ1v) is 10.6. The van der Waals surface area contributed by atoms with Crippen LogP contribution in [0.1, 0.15) is 27.5 Å². The third-order valence-electron chi connectivity index (χ3n) is 6.02. The van der Waals surface area contributed by atoms with Crippen molar-refractivity contribution in [2.24, 2.45) is 0 Å². The zero-order valence-corrected chi connectivity index (χ0v) is 17.4. The number of nitrogens with zero attached hydrogens (tertiary/aromatic N) is 5. The van der Waals surface area contributed by atoms with Crippen molar-refractivity contribution in [3.63, 3.8) is 0 Å². The van der Waals surface area contributed by atoms with Crippen LogP contribution in [0.2, 0.25) is 0 Å². The van der Waals surface area contributed by atoms with Gasteiger partial charge in [-0.1, -0.05) is 0 Å². The number of carbonyl (C=O) groups is 1. The molecule has 0 N–H and O–H groups in total. The minimum Gasteiger partial charge on any atom is -0.383 e. The van der Waals surface area contributed by atoms with Crippen LogP contribution in [0.5, 0.6) is 0 Å². The van der Waals surface area contributed by atoms with Crippen LogP contribution in [0.3, 0.4) is 0 Å². The molecule has 1 spiro atoms. The molecule has 1 unspecified atom stereocenters. The van der Waals surface area contributed by atoms with Gasteiger partial charge >= 0.3 is 0 Å². The fourth-order valence-electron chi connectivity index (χ4n) is 4.66. The first-order valence-electron chi connectivity index (χ1n) is 9.75. The molecule has 1 amide bonds. The van der Waals surface area contributed by atoms with E-state index in [1.807, 2.05) is 24.1 Å². The van der Waals surface area contributed by atoms with Crippen molar-refractivity contribution in [3.05, 3.63) is 58.4 Å². The molecule has 150 valence electrons. The molecule has 3 aromatic rings. The highest BCUT2D eigenvalue weighted by atomic mass is 32.1. The predicted octanol–water partition coefficient (Wildman–Crippen LogP) is 2.85. The molecule has 0 aliphatic carbocycles. The smallest absolute Gasteiger partial charge is 0.265 e. The minimum absolute atomic E-state index is 0.0728. The number of anilines is 1. The van der Waals surface area contributed by atoms with Gasteiger partial charge in [-0.3, -0.25) is 4.79 Å². The van der Waals surface area contributed by atoms with Gasteiger partial charge in [0.1, 0.15) is 10.4 Å². The lowest BCUT2D eigenvalue weighted by Gasteiger charge is -2.47. The quantitative estimate of drug-likeness (QED) is 0.663. The van der Waals surface area contributed by atoms with Crippen LogP contribution in [0.25, 0.3) is 5.82 Å². The lowest BCUT2D eigenvalue weighted by molar-refractivity contribution is 0.0785. The molecule has 1 fully saturated rings. The molecule has 2 aliphatic heterocycles. The molecule has 0 radical (unpaired) electrons. The van der Waals surface area contributed by atoms with E-state index < -0.39 is 0 Å². The van der Waals surface area contributed by atoms with Crippen LogP contribution in [-0.2, 0) is 10.3 Å². The molecule has 0 saturated carbocycles. The van der Waals surface area contributed by atoms with E-state index in [4.69, 9.17) is 4.74 Å². The van der Waals surface area contributed by atoms with Crippen LogP contribution in [-0.4, -0.2) is 58.7 Å². The van der Waals surface area contributed by atoms with Crippen molar-refractivity contribution in [2.45, 2.75) is 18.9 Å². The van der Waals surface area contributed by atoms with Gasteiger partial charge in [0, 0.05) is 39.1 Å². The molecule has 0 aromatic carbocycles. The normalized spacial score (nSPS) is 20.2. The lowest BCUT2D eigenvalue weighted by atomic mass is 9.89. The summed E-state index contributed by atoms with van der Waals surface area (Å²) >= 11 is 1.42. The maximum atomic E-state index is 13.2. The Balaban J connectivity index is 1.58. The summed E-state index contributed by atoms with van der Waals surface area (Å²) in [5.41, 5.74) is 4.51. The first kappa shape index (κ1) is 18.3. The Morgan fingerprint density at radius 1 is 1.31 bits per heavy atom. The number of carbonyl (C=O) groups excluding carboxylic acids is 1. The molecule has 7 nitrogen and oxygen atoms in total. The molecule has 1 atom stereocenters. The number of aryl methyl sites for hydroxylation is 1. The van der Waals surface area contributed by atoms with Gasteiger partial charge in [-0.05, 0) is 37.6 Å². The number of hydrogen-bond acceptors (Lipinski definition) is 6. The zero-order valence-electron chi connectivity index (χ0n) is 16.5. The van der Waals surface area contributed by atoms with Crippen LogP contribution < -0.4 is 4.90 Å². The average Bonchev–Trinajstić information content (AvgIpc) is 3.48. The number of likely N-dealkylation sites (tertiary alicyclic amines) is 1. The Kier molecular flexibility index (Phi) is 4.40. The summed E-state index contributed by atoms with van der Waals surface area (Å²) in [6.07, 6.45) is 4.75. The fraction of sp³-hybridized carbons (Fsp3) is 0.381. The number of rotatable bonds is 4.